The molecular weight excluding hydrogens is 376 g/mol. The lowest BCUT2D eigenvalue weighted by Gasteiger charge is -2.05. The van der Waals surface area contributed by atoms with Gasteiger partial charge in [-0.1, -0.05) is 23.7 Å². The molecule has 1 aliphatic rings. The topological polar surface area (TPSA) is 88.0 Å². The van der Waals surface area contributed by atoms with Gasteiger partial charge in [0.25, 0.3) is 5.91 Å². The fraction of sp³-hybridized carbons (Fsp3) is 0.0556. The third kappa shape index (κ3) is 4.07. The maximum absolute atomic E-state index is 12.1. The summed E-state index contributed by atoms with van der Waals surface area (Å²) < 4.78 is 5.24. The zero-order valence-electron chi connectivity index (χ0n) is 13.5. The second-order valence-corrected chi connectivity index (χ2v) is 6.69. The highest BCUT2D eigenvalue weighted by Crippen LogP contribution is 2.34. The maximum Gasteiger partial charge on any atom is 0.335 e. The van der Waals surface area contributed by atoms with E-state index in [-0.39, 0.29) is 11.5 Å². The highest BCUT2D eigenvalue weighted by molar-refractivity contribution is 8.18. The lowest BCUT2D eigenvalue weighted by Crippen LogP contribution is -2.19. The number of carboxylic acid groups (broad SMARTS) is 1. The largest absolute Gasteiger partial charge is 0.494 e. The van der Waals surface area contributed by atoms with Gasteiger partial charge < -0.3 is 15.2 Å². The zero-order chi connectivity index (χ0) is 18.7. The molecule has 1 aliphatic heterocycles. The molecule has 2 aromatic rings. The fourth-order valence-electron chi connectivity index (χ4n) is 2.21. The minimum absolute atomic E-state index is 0.186. The van der Waals surface area contributed by atoms with E-state index in [4.69, 9.17) is 21.4 Å². The molecule has 1 saturated heterocycles. The van der Waals surface area contributed by atoms with Gasteiger partial charge in [0.05, 0.1) is 17.6 Å². The van der Waals surface area contributed by atoms with Crippen molar-refractivity contribution in [3.05, 3.63) is 63.5 Å². The van der Waals surface area contributed by atoms with E-state index < -0.39 is 5.97 Å². The van der Waals surface area contributed by atoms with Gasteiger partial charge in [-0.3, -0.25) is 4.79 Å². The predicted octanol–water partition coefficient (Wildman–Crippen LogP) is 3.94. The Morgan fingerprint density at radius 2 is 2.00 bits per heavy atom. The Kier molecular flexibility index (Phi) is 5.29. The monoisotopic (exact) mass is 388 g/mol. The van der Waals surface area contributed by atoms with Crippen LogP contribution in [0.25, 0.3) is 6.08 Å². The number of benzene rings is 2. The number of amidine groups is 1. The molecule has 1 fully saturated rings. The summed E-state index contributed by atoms with van der Waals surface area (Å²) in [5.41, 5.74) is 1.41. The van der Waals surface area contributed by atoms with Gasteiger partial charge in [0.1, 0.15) is 11.4 Å². The number of methoxy groups -OCH3 is 1. The van der Waals surface area contributed by atoms with Gasteiger partial charge in [0, 0.05) is 5.02 Å². The standard InChI is InChI=1S/C18H13ClN2O4S/c1-25-14-7-6-12(19)9-13(14)20-18-21-16(22)15(26-18)8-10-2-4-11(5-3-10)17(23)24/h2-9H,1H3,(H,23,24)(H,20,21,22)/b15-8-. The van der Waals surface area contributed by atoms with Gasteiger partial charge in [-0.25, -0.2) is 9.79 Å². The number of amides is 1. The summed E-state index contributed by atoms with van der Waals surface area (Å²) in [6.07, 6.45) is 1.67. The molecule has 6 nitrogen and oxygen atoms in total. The number of ether oxygens (including phenoxy) is 1. The van der Waals surface area contributed by atoms with E-state index in [2.05, 4.69) is 10.3 Å². The van der Waals surface area contributed by atoms with Crippen molar-refractivity contribution in [1.82, 2.24) is 5.32 Å². The highest BCUT2D eigenvalue weighted by Gasteiger charge is 2.24. The molecule has 8 heteroatoms. The van der Waals surface area contributed by atoms with E-state index in [1.807, 2.05) is 0 Å². The van der Waals surface area contributed by atoms with Gasteiger partial charge >= 0.3 is 5.97 Å². The molecule has 26 heavy (non-hydrogen) atoms. The molecular formula is C18H13ClN2O4S. The Labute approximate surface area is 158 Å². The summed E-state index contributed by atoms with van der Waals surface area (Å²) >= 11 is 7.17. The number of thioether (sulfide) groups is 1. The summed E-state index contributed by atoms with van der Waals surface area (Å²) in [5.74, 6) is -0.738. The number of hydrogen-bond acceptors (Lipinski definition) is 5. The van der Waals surface area contributed by atoms with Gasteiger partial charge in [-0.05, 0) is 53.7 Å². The molecule has 2 aromatic carbocycles. The van der Waals surface area contributed by atoms with E-state index >= 15 is 0 Å². The van der Waals surface area contributed by atoms with Crippen LogP contribution in [0.2, 0.25) is 5.02 Å². The molecule has 3 rings (SSSR count). The molecule has 0 bridgehead atoms. The number of rotatable bonds is 4. The molecule has 1 amide bonds. The van der Waals surface area contributed by atoms with Crippen molar-refractivity contribution in [2.24, 2.45) is 4.99 Å². The number of nitrogens with zero attached hydrogens (tertiary/aromatic N) is 1. The van der Waals surface area contributed by atoms with Crippen LogP contribution in [-0.2, 0) is 4.79 Å². The summed E-state index contributed by atoms with van der Waals surface area (Å²) in [5, 5.41) is 12.5. The van der Waals surface area contributed by atoms with E-state index in [1.165, 1.54) is 31.0 Å². The summed E-state index contributed by atoms with van der Waals surface area (Å²) in [4.78, 5) is 27.9. The van der Waals surface area contributed by atoms with E-state index in [0.717, 1.165) is 0 Å². The van der Waals surface area contributed by atoms with Crippen LogP contribution in [-0.4, -0.2) is 29.3 Å². The Hall–Kier alpha value is -2.77. The number of aliphatic imine (C=N–C) groups is 1. The number of hydrogen-bond donors (Lipinski definition) is 2. The fourth-order valence-corrected chi connectivity index (χ4v) is 3.21. The van der Waals surface area contributed by atoms with Crippen molar-refractivity contribution in [3.63, 3.8) is 0 Å². The van der Waals surface area contributed by atoms with Gasteiger partial charge in [-0.15, -0.1) is 0 Å². The number of carboxylic acids is 1. The Bertz CT molecular complexity index is 939. The SMILES string of the molecule is COc1ccc(Cl)cc1N=C1NC(=O)/C(=C/c2ccc(C(=O)O)cc2)S1. The molecule has 132 valence electrons. The molecule has 0 spiro atoms. The number of halogens is 1. The van der Waals surface area contributed by atoms with E-state index in [1.54, 1.807) is 36.4 Å². The van der Waals surface area contributed by atoms with Gasteiger partial charge in [0.2, 0.25) is 0 Å². The minimum atomic E-state index is -0.998. The molecule has 0 aromatic heterocycles. The van der Waals surface area contributed by atoms with Crippen LogP contribution in [0.5, 0.6) is 5.75 Å². The van der Waals surface area contributed by atoms with Crippen molar-refractivity contribution in [2.75, 3.05) is 7.11 Å². The van der Waals surface area contributed by atoms with E-state index in [0.29, 0.717) is 32.1 Å². The Morgan fingerprint density at radius 1 is 1.27 bits per heavy atom. The Balaban J connectivity index is 1.84. The van der Waals surface area contributed by atoms with Crippen LogP contribution in [0, 0.1) is 0 Å². The number of nitrogens with one attached hydrogen (secondary N) is 1. The normalized spacial score (nSPS) is 16.8. The van der Waals surface area contributed by atoms with Crippen LogP contribution in [0.15, 0.2) is 52.4 Å². The first-order chi connectivity index (χ1) is 12.5. The molecule has 0 radical (unpaired) electrons. The Morgan fingerprint density at radius 3 is 2.65 bits per heavy atom. The zero-order valence-corrected chi connectivity index (χ0v) is 15.1. The molecule has 0 atom stereocenters. The molecule has 0 saturated carbocycles. The smallest absolute Gasteiger partial charge is 0.335 e. The summed E-state index contributed by atoms with van der Waals surface area (Å²) in [6, 6.07) is 11.3. The summed E-state index contributed by atoms with van der Waals surface area (Å²) in [6.45, 7) is 0. The third-order valence-electron chi connectivity index (χ3n) is 3.47. The third-order valence-corrected chi connectivity index (χ3v) is 4.61. The number of carbonyl (C=O) groups excluding carboxylic acids is 1. The van der Waals surface area contributed by atoms with E-state index in [9.17, 15) is 9.59 Å². The quantitative estimate of drug-likeness (QED) is 0.774. The summed E-state index contributed by atoms with van der Waals surface area (Å²) in [7, 11) is 1.53. The van der Waals surface area contributed by atoms with Crippen molar-refractivity contribution in [1.29, 1.82) is 0 Å². The molecule has 0 aliphatic carbocycles. The second-order valence-electron chi connectivity index (χ2n) is 5.23. The lowest BCUT2D eigenvalue weighted by atomic mass is 10.1. The molecule has 0 unspecified atom stereocenters. The average molecular weight is 389 g/mol. The van der Waals surface area contributed by atoms with Crippen LogP contribution in [0.3, 0.4) is 0 Å². The van der Waals surface area contributed by atoms with Crippen LogP contribution < -0.4 is 10.1 Å². The highest BCUT2D eigenvalue weighted by atomic mass is 35.5. The predicted molar refractivity (Wildman–Crippen MR) is 102 cm³/mol. The molecule has 2 N–H and O–H groups in total. The first kappa shape index (κ1) is 18.0. The molecule has 1 heterocycles. The number of aromatic carboxylic acids is 1. The van der Waals surface area contributed by atoms with Gasteiger partial charge in [0.15, 0.2) is 5.17 Å². The maximum atomic E-state index is 12.1. The second kappa shape index (κ2) is 7.63. The van der Waals surface area contributed by atoms with Crippen LogP contribution >= 0.6 is 23.4 Å². The van der Waals surface area contributed by atoms with Crippen molar-refractivity contribution in [3.8, 4) is 5.75 Å². The van der Waals surface area contributed by atoms with Crippen molar-refractivity contribution in [2.45, 2.75) is 0 Å². The lowest BCUT2D eigenvalue weighted by molar-refractivity contribution is -0.115. The average Bonchev–Trinajstić information content (AvgIpc) is 2.95. The van der Waals surface area contributed by atoms with Crippen LogP contribution in [0.1, 0.15) is 15.9 Å². The van der Waals surface area contributed by atoms with Gasteiger partial charge in [-0.2, -0.15) is 0 Å². The first-order valence-electron chi connectivity index (χ1n) is 7.43. The van der Waals surface area contributed by atoms with Crippen molar-refractivity contribution < 1.29 is 19.4 Å². The number of carbonyl (C=O) groups is 2. The van der Waals surface area contributed by atoms with Crippen LogP contribution in [0.4, 0.5) is 5.69 Å². The first-order valence-corrected chi connectivity index (χ1v) is 8.62. The van der Waals surface area contributed by atoms with Crippen molar-refractivity contribution >= 4 is 52.2 Å². The minimum Gasteiger partial charge on any atom is -0.494 e.